The molecule has 0 amide bonds. The highest BCUT2D eigenvalue weighted by atomic mass is 79.9. The van der Waals surface area contributed by atoms with Gasteiger partial charge < -0.3 is 4.90 Å². The first kappa shape index (κ1) is 14.5. The molecule has 20 heavy (non-hydrogen) atoms. The molecule has 2 unspecified atom stereocenters. The zero-order valence-corrected chi connectivity index (χ0v) is 13.7. The van der Waals surface area contributed by atoms with E-state index in [2.05, 4.69) is 25.6 Å². The molecule has 2 aliphatic rings. The van der Waals surface area contributed by atoms with Crippen molar-refractivity contribution in [2.45, 2.75) is 42.7 Å². The van der Waals surface area contributed by atoms with Crippen molar-refractivity contribution in [2.24, 2.45) is 0 Å². The van der Waals surface area contributed by atoms with Crippen LogP contribution < -0.4 is 4.72 Å². The Morgan fingerprint density at radius 1 is 1.15 bits per heavy atom. The summed E-state index contributed by atoms with van der Waals surface area (Å²) >= 11 is 3.32. The first-order valence-electron chi connectivity index (χ1n) is 7.06. The SMILES string of the molecule is O=S(=O)(NC1CCN2CCCC2C1)c1ccc(Br)cc1. The van der Waals surface area contributed by atoms with Crippen molar-refractivity contribution in [3.8, 4) is 0 Å². The van der Waals surface area contributed by atoms with E-state index in [-0.39, 0.29) is 6.04 Å². The maximum Gasteiger partial charge on any atom is 0.240 e. The molecule has 0 bridgehead atoms. The number of halogens is 1. The van der Waals surface area contributed by atoms with Crippen molar-refractivity contribution in [3.05, 3.63) is 28.7 Å². The average Bonchev–Trinajstić information content (AvgIpc) is 2.86. The molecule has 2 saturated heterocycles. The van der Waals surface area contributed by atoms with Gasteiger partial charge in [0.1, 0.15) is 0 Å². The molecule has 6 heteroatoms. The summed E-state index contributed by atoms with van der Waals surface area (Å²) in [7, 11) is -3.39. The van der Waals surface area contributed by atoms with Crippen LogP contribution in [-0.2, 0) is 10.0 Å². The summed E-state index contributed by atoms with van der Waals surface area (Å²) in [6.45, 7) is 2.19. The van der Waals surface area contributed by atoms with Gasteiger partial charge in [0.15, 0.2) is 0 Å². The molecule has 3 rings (SSSR count). The van der Waals surface area contributed by atoms with Gasteiger partial charge >= 0.3 is 0 Å². The number of fused-ring (bicyclic) bond motifs is 1. The van der Waals surface area contributed by atoms with Gasteiger partial charge in [-0.3, -0.25) is 0 Å². The highest BCUT2D eigenvalue weighted by Gasteiger charge is 2.33. The lowest BCUT2D eigenvalue weighted by atomic mass is 9.99. The van der Waals surface area contributed by atoms with Crippen LogP contribution in [0.5, 0.6) is 0 Å². The number of sulfonamides is 1. The van der Waals surface area contributed by atoms with Crippen LogP contribution in [0.1, 0.15) is 25.7 Å². The Labute approximate surface area is 128 Å². The number of nitrogens with one attached hydrogen (secondary N) is 1. The second kappa shape index (κ2) is 5.75. The quantitative estimate of drug-likeness (QED) is 0.902. The summed E-state index contributed by atoms with van der Waals surface area (Å²) < 4.78 is 28.5. The number of hydrogen-bond acceptors (Lipinski definition) is 3. The van der Waals surface area contributed by atoms with Crippen LogP contribution in [0.4, 0.5) is 0 Å². The summed E-state index contributed by atoms with van der Waals surface area (Å²) in [5.41, 5.74) is 0. The highest BCUT2D eigenvalue weighted by Crippen LogP contribution is 2.27. The molecule has 1 aromatic carbocycles. The van der Waals surface area contributed by atoms with E-state index in [0.29, 0.717) is 10.9 Å². The highest BCUT2D eigenvalue weighted by molar-refractivity contribution is 9.10. The normalized spacial score (nSPS) is 27.4. The Bertz CT molecular complexity index is 573. The van der Waals surface area contributed by atoms with Gasteiger partial charge in [0.2, 0.25) is 10.0 Å². The fourth-order valence-electron chi connectivity index (χ4n) is 3.23. The molecular formula is C14H19BrN2O2S. The third-order valence-corrected chi connectivity index (χ3v) is 6.33. The molecule has 1 N–H and O–H groups in total. The average molecular weight is 359 g/mol. The first-order chi connectivity index (χ1) is 9.54. The van der Waals surface area contributed by atoms with E-state index in [9.17, 15) is 8.42 Å². The summed E-state index contributed by atoms with van der Waals surface area (Å²) in [5, 5.41) is 0. The Morgan fingerprint density at radius 2 is 1.90 bits per heavy atom. The molecule has 0 radical (unpaired) electrons. The lowest BCUT2D eigenvalue weighted by Gasteiger charge is -2.34. The van der Waals surface area contributed by atoms with Crippen molar-refractivity contribution in [3.63, 3.8) is 0 Å². The summed E-state index contributed by atoms with van der Waals surface area (Å²) in [6.07, 6.45) is 4.30. The largest absolute Gasteiger partial charge is 0.300 e. The predicted octanol–water partition coefficient (Wildman–Crippen LogP) is 2.35. The number of rotatable bonds is 3. The van der Waals surface area contributed by atoms with E-state index in [1.165, 1.54) is 19.4 Å². The molecule has 2 aliphatic heterocycles. The second-order valence-electron chi connectivity index (χ2n) is 5.63. The molecule has 1 aromatic rings. The monoisotopic (exact) mass is 358 g/mol. The van der Waals surface area contributed by atoms with Gasteiger partial charge in [0.25, 0.3) is 0 Å². The fourth-order valence-corrected chi connectivity index (χ4v) is 4.78. The predicted molar refractivity (Wildman–Crippen MR) is 82.1 cm³/mol. The van der Waals surface area contributed by atoms with Crippen LogP contribution in [0.3, 0.4) is 0 Å². The van der Waals surface area contributed by atoms with E-state index >= 15 is 0 Å². The van der Waals surface area contributed by atoms with Crippen LogP contribution in [0.15, 0.2) is 33.6 Å². The molecule has 0 aromatic heterocycles. The van der Waals surface area contributed by atoms with Crippen molar-refractivity contribution < 1.29 is 8.42 Å². The molecule has 4 nitrogen and oxygen atoms in total. The molecular weight excluding hydrogens is 340 g/mol. The minimum Gasteiger partial charge on any atom is -0.300 e. The Morgan fingerprint density at radius 3 is 2.65 bits per heavy atom. The maximum absolute atomic E-state index is 12.4. The number of hydrogen-bond donors (Lipinski definition) is 1. The maximum atomic E-state index is 12.4. The Hall–Kier alpha value is -0.430. The lowest BCUT2D eigenvalue weighted by molar-refractivity contribution is 0.176. The summed E-state index contributed by atoms with van der Waals surface area (Å²) in [4.78, 5) is 2.83. The first-order valence-corrected chi connectivity index (χ1v) is 9.34. The van der Waals surface area contributed by atoms with Crippen LogP contribution in [-0.4, -0.2) is 38.5 Å². The van der Waals surface area contributed by atoms with Crippen LogP contribution in [0, 0.1) is 0 Å². The smallest absolute Gasteiger partial charge is 0.240 e. The molecule has 110 valence electrons. The Balaban J connectivity index is 1.69. The molecule has 2 heterocycles. The third-order valence-electron chi connectivity index (χ3n) is 4.27. The van der Waals surface area contributed by atoms with Gasteiger partial charge in [-0.05, 0) is 63.0 Å². The minimum atomic E-state index is -3.39. The summed E-state index contributed by atoms with van der Waals surface area (Å²) in [5.74, 6) is 0. The van der Waals surface area contributed by atoms with Gasteiger partial charge in [-0.2, -0.15) is 0 Å². The molecule has 2 fully saturated rings. The Kier molecular flexibility index (Phi) is 4.17. The van der Waals surface area contributed by atoms with Gasteiger partial charge in [-0.15, -0.1) is 0 Å². The fraction of sp³-hybridized carbons (Fsp3) is 0.571. The van der Waals surface area contributed by atoms with E-state index in [0.717, 1.165) is 23.9 Å². The van der Waals surface area contributed by atoms with Crippen molar-refractivity contribution in [1.29, 1.82) is 0 Å². The van der Waals surface area contributed by atoms with Crippen molar-refractivity contribution in [1.82, 2.24) is 9.62 Å². The zero-order valence-electron chi connectivity index (χ0n) is 11.3. The zero-order chi connectivity index (χ0) is 14.2. The standard InChI is InChI=1S/C14H19BrN2O2S/c15-11-3-5-14(6-4-11)20(18,19)16-12-7-9-17-8-1-2-13(17)10-12/h3-6,12-13,16H,1-2,7-10H2. The summed E-state index contributed by atoms with van der Waals surface area (Å²) in [6, 6.07) is 7.43. The van der Waals surface area contributed by atoms with E-state index in [4.69, 9.17) is 0 Å². The van der Waals surface area contributed by atoms with E-state index in [1.54, 1.807) is 24.3 Å². The molecule has 0 spiro atoms. The van der Waals surface area contributed by atoms with Crippen LogP contribution in [0.2, 0.25) is 0 Å². The van der Waals surface area contributed by atoms with Crippen molar-refractivity contribution in [2.75, 3.05) is 13.1 Å². The number of piperidine rings is 1. The number of benzene rings is 1. The van der Waals surface area contributed by atoms with E-state index < -0.39 is 10.0 Å². The number of nitrogens with zero attached hydrogens (tertiary/aromatic N) is 1. The molecule has 2 atom stereocenters. The van der Waals surface area contributed by atoms with E-state index in [1.807, 2.05) is 0 Å². The van der Waals surface area contributed by atoms with Gasteiger partial charge in [-0.25, -0.2) is 13.1 Å². The second-order valence-corrected chi connectivity index (χ2v) is 8.26. The van der Waals surface area contributed by atoms with Crippen molar-refractivity contribution >= 4 is 26.0 Å². The van der Waals surface area contributed by atoms with Crippen LogP contribution >= 0.6 is 15.9 Å². The third kappa shape index (κ3) is 3.08. The van der Waals surface area contributed by atoms with Gasteiger partial charge in [0, 0.05) is 16.6 Å². The molecule has 0 saturated carbocycles. The lowest BCUT2D eigenvalue weighted by Crippen LogP contribution is -2.47. The molecule has 0 aliphatic carbocycles. The van der Waals surface area contributed by atoms with Gasteiger partial charge in [0.05, 0.1) is 4.90 Å². The topological polar surface area (TPSA) is 49.4 Å². The minimum absolute atomic E-state index is 0.0722. The van der Waals surface area contributed by atoms with Gasteiger partial charge in [-0.1, -0.05) is 15.9 Å². The van der Waals surface area contributed by atoms with Crippen LogP contribution in [0.25, 0.3) is 0 Å².